The number of carbonyl (C=O) groups excluding carboxylic acids is 2. The summed E-state index contributed by atoms with van der Waals surface area (Å²) < 4.78 is 5.54. The van der Waals surface area contributed by atoms with Crippen molar-refractivity contribution in [3.63, 3.8) is 0 Å². The molecule has 0 unspecified atom stereocenters. The number of rotatable bonds is 7. The number of halogens is 1. The molecule has 1 aromatic rings. The average molecular weight is 460 g/mol. The third-order valence-corrected chi connectivity index (χ3v) is 6.01. The highest BCUT2D eigenvalue weighted by molar-refractivity contribution is 6.43. The van der Waals surface area contributed by atoms with Crippen LogP contribution in [0.15, 0.2) is 46.1 Å². The highest BCUT2D eigenvalue weighted by atomic mass is 35.5. The fourth-order valence-corrected chi connectivity index (χ4v) is 4.00. The average Bonchev–Trinajstić information content (AvgIpc) is 3.18. The van der Waals surface area contributed by atoms with E-state index in [1.165, 1.54) is 18.2 Å². The highest BCUT2D eigenvalue weighted by Gasteiger charge is 2.33. The summed E-state index contributed by atoms with van der Waals surface area (Å²) in [6.45, 7) is 2.78. The minimum atomic E-state index is -0.998. The van der Waals surface area contributed by atoms with Gasteiger partial charge < -0.3 is 20.1 Å². The van der Waals surface area contributed by atoms with Crippen molar-refractivity contribution in [3.05, 3.63) is 52.2 Å². The van der Waals surface area contributed by atoms with Gasteiger partial charge in [0.2, 0.25) is 5.91 Å². The van der Waals surface area contributed by atoms with Crippen molar-refractivity contribution in [3.8, 4) is 0 Å². The van der Waals surface area contributed by atoms with Gasteiger partial charge in [0.25, 0.3) is 5.91 Å². The Balaban J connectivity index is 1.55. The SMILES string of the molecule is CCC1=C(Cl)N=C(C(=O)N[C@@H]2CCN(C(=O)/C=C/c3ccc(C(=O)O)cc3)C[C@@H]2OC)C1. The Bertz CT molecular complexity index is 984. The second-order valence-electron chi connectivity index (χ2n) is 7.67. The quantitative estimate of drug-likeness (QED) is 0.481. The fraction of sp³-hybridized carbons (Fsp3) is 0.391. The minimum Gasteiger partial charge on any atom is -0.478 e. The topological polar surface area (TPSA) is 108 Å². The third-order valence-electron chi connectivity index (χ3n) is 5.66. The van der Waals surface area contributed by atoms with Gasteiger partial charge in [-0.25, -0.2) is 9.79 Å². The Kier molecular flexibility index (Phi) is 7.82. The van der Waals surface area contributed by atoms with Gasteiger partial charge in [0.1, 0.15) is 10.9 Å². The van der Waals surface area contributed by atoms with E-state index in [9.17, 15) is 14.4 Å². The number of aliphatic imine (C=N–C) groups is 1. The summed E-state index contributed by atoms with van der Waals surface area (Å²) in [7, 11) is 1.55. The van der Waals surface area contributed by atoms with Crippen molar-refractivity contribution in [2.75, 3.05) is 20.2 Å². The molecule has 2 aliphatic heterocycles. The van der Waals surface area contributed by atoms with Crippen LogP contribution in [0.2, 0.25) is 0 Å². The molecule has 2 atom stereocenters. The zero-order valence-electron chi connectivity index (χ0n) is 18.0. The molecule has 1 aromatic carbocycles. The van der Waals surface area contributed by atoms with E-state index in [1.807, 2.05) is 6.92 Å². The number of amides is 2. The summed E-state index contributed by atoms with van der Waals surface area (Å²) in [5, 5.41) is 12.3. The van der Waals surface area contributed by atoms with Gasteiger partial charge >= 0.3 is 5.97 Å². The van der Waals surface area contributed by atoms with E-state index in [-0.39, 0.29) is 29.5 Å². The molecule has 2 aliphatic rings. The molecule has 1 fully saturated rings. The first-order chi connectivity index (χ1) is 15.3. The van der Waals surface area contributed by atoms with E-state index in [2.05, 4.69) is 10.3 Å². The van der Waals surface area contributed by atoms with Crippen molar-refractivity contribution in [2.24, 2.45) is 4.99 Å². The number of nitrogens with one attached hydrogen (secondary N) is 1. The van der Waals surface area contributed by atoms with Gasteiger partial charge in [-0.1, -0.05) is 30.7 Å². The number of piperidine rings is 1. The van der Waals surface area contributed by atoms with Gasteiger partial charge in [-0.05, 0) is 42.2 Å². The number of benzene rings is 1. The second kappa shape index (κ2) is 10.6. The van der Waals surface area contributed by atoms with E-state index in [0.717, 1.165) is 17.6 Å². The maximum atomic E-state index is 12.6. The van der Waals surface area contributed by atoms with Gasteiger partial charge in [0.15, 0.2) is 0 Å². The monoisotopic (exact) mass is 459 g/mol. The number of nitrogens with zero attached hydrogens (tertiary/aromatic N) is 2. The Morgan fingerprint density at radius 2 is 2.03 bits per heavy atom. The van der Waals surface area contributed by atoms with Crippen molar-refractivity contribution < 1.29 is 24.2 Å². The number of carboxylic acids is 1. The van der Waals surface area contributed by atoms with Crippen LogP contribution in [0.4, 0.5) is 0 Å². The first-order valence-corrected chi connectivity index (χ1v) is 10.8. The van der Waals surface area contributed by atoms with Crippen molar-refractivity contribution in [1.29, 1.82) is 0 Å². The Hall–Kier alpha value is -2.97. The molecule has 3 rings (SSSR count). The van der Waals surface area contributed by atoms with Crippen LogP contribution in [0, 0.1) is 0 Å². The molecular weight excluding hydrogens is 434 g/mol. The molecule has 2 heterocycles. The van der Waals surface area contributed by atoms with E-state index < -0.39 is 5.97 Å². The van der Waals surface area contributed by atoms with Gasteiger partial charge in [-0.15, -0.1) is 0 Å². The van der Waals surface area contributed by atoms with Gasteiger partial charge in [-0.2, -0.15) is 0 Å². The number of hydrogen-bond donors (Lipinski definition) is 2. The maximum Gasteiger partial charge on any atom is 0.335 e. The van der Waals surface area contributed by atoms with Crippen LogP contribution >= 0.6 is 11.6 Å². The molecule has 0 bridgehead atoms. The summed E-state index contributed by atoms with van der Waals surface area (Å²) >= 11 is 6.08. The van der Waals surface area contributed by atoms with Gasteiger partial charge in [-0.3, -0.25) is 9.59 Å². The van der Waals surface area contributed by atoms with E-state index in [1.54, 1.807) is 30.2 Å². The van der Waals surface area contributed by atoms with E-state index in [0.29, 0.717) is 36.8 Å². The lowest BCUT2D eigenvalue weighted by Gasteiger charge is -2.37. The van der Waals surface area contributed by atoms with Crippen LogP contribution in [-0.4, -0.2) is 65.8 Å². The summed E-state index contributed by atoms with van der Waals surface area (Å²) in [6.07, 6.45) is 4.49. The lowest BCUT2D eigenvalue weighted by atomic mass is 10.0. The standard InChI is InChI=1S/C23H26ClN3O5/c1-3-15-12-18(25-21(15)24)22(29)26-17-10-11-27(13-19(17)32-2)20(28)9-6-14-4-7-16(8-5-14)23(30)31/h4-9,17,19H,3,10-13H2,1-2H3,(H,26,29)(H,30,31)/b9-6+/t17-,19+/m1/s1. The third kappa shape index (κ3) is 5.63. The van der Waals surface area contributed by atoms with Crippen LogP contribution in [0.1, 0.15) is 42.1 Å². The predicted molar refractivity (Wildman–Crippen MR) is 122 cm³/mol. The molecule has 1 saturated heterocycles. The molecule has 0 spiro atoms. The van der Waals surface area contributed by atoms with Crippen LogP contribution in [-0.2, 0) is 14.3 Å². The number of allylic oxidation sites excluding steroid dienone is 1. The van der Waals surface area contributed by atoms with E-state index >= 15 is 0 Å². The molecule has 0 radical (unpaired) electrons. The summed E-state index contributed by atoms with van der Waals surface area (Å²) in [5.74, 6) is -1.44. The molecule has 9 heteroatoms. The molecule has 2 N–H and O–H groups in total. The Morgan fingerprint density at radius 3 is 2.62 bits per heavy atom. The zero-order chi connectivity index (χ0) is 23.3. The minimum absolute atomic E-state index is 0.178. The molecular formula is C23H26ClN3O5. The van der Waals surface area contributed by atoms with Gasteiger partial charge in [0.05, 0.1) is 17.7 Å². The van der Waals surface area contributed by atoms with Gasteiger partial charge in [0, 0.05) is 32.7 Å². The number of carboxylic acid groups (broad SMARTS) is 1. The van der Waals surface area contributed by atoms with Crippen molar-refractivity contribution in [2.45, 2.75) is 38.3 Å². The largest absolute Gasteiger partial charge is 0.478 e. The molecule has 2 amide bonds. The number of aromatic carboxylic acids is 1. The number of hydrogen-bond acceptors (Lipinski definition) is 5. The highest BCUT2D eigenvalue weighted by Crippen LogP contribution is 2.25. The smallest absolute Gasteiger partial charge is 0.335 e. The Morgan fingerprint density at radius 1 is 1.31 bits per heavy atom. The number of ether oxygens (including phenoxy) is 1. The molecule has 0 aromatic heterocycles. The van der Waals surface area contributed by atoms with Crippen LogP contribution in [0.5, 0.6) is 0 Å². The second-order valence-corrected chi connectivity index (χ2v) is 8.03. The lowest BCUT2D eigenvalue weighted by Crippen LogP contribution is -2.56. The molecule has 32 heavy (non-hydrogen) atoms. The maximum absolute atomic E-state index is 12.6. The number of methoxy groups -OCH3 is 1. The molecule has 0 saturated carbocycles. The predicted octanol–water partition coefficient (Wildman–Crippen LogP) is 2.84. The summed E-state index contributed by atoms with van der Waals surface area (Å²) in [4.78, 5) is 42.0. The van der Waals surface area contributed by atoms with E-state index in [4.69, 9.17) is 21.4 Å². The zero-order valence-corrected chi connectivity index (χ0v) is 18.8. The summed E-state index contributed by atoms with van der Waals surface area (Å²) in [5.41, 5.74) is 2.26. The summed E-state index contributed by atoms with van der Waals surface area (Å²) in [6, 6.07) is 6.02. The first kappa shape index (κ1) is 23.7. The van der Waals surface area contributed by atoms with Crippen molar-refractivity contribution >= 4 is 41.2 Å². The normalized spacial score (nSPS) is 21.1. The van der Waals surface area contributed by atoms with Crippen LogP contribution in [0.3, 0.4) is 0 Å². The lowest BCUT2D eigenvalue weighted by molar-refractivity contribution is -0.130. The Labute approximate surface area is 191 Å². The number of carbonyl (C=O) groups is 3. The van der Waals surface area contributed by atoms with Crippen LogP contribution in [0.25, 0.3) is 6.08 Å². The molecule has 8 nitrogen and oxygen atoms in total. The molecule has 0 aliphatic carbocycles. The number of likely N-dealkylation sites (tertiary alicyclic amines) is 1. The molecule has 170 valence electrons. The fourth-order valence-electron chi connectivity index (χ4n) is 3.70. The first-order valence-electron chi connectivity index (χ1n) is 10.4. The van der Waals surface area contributed by atoms with Crippen molar-refractivity contribution in [1.82, 2.24) is 10.2 Å². The van der Waals surface area contributed by atoms with Crippen LogP contribution < -0.4 is 5.32 Å².